The Morgan fingerprint density at radius 3 is 2.61 bits per heavy atom. The number of ether oxygens (including phenoxy) is 1. The van der Waals surface area contributed by atoms with Crippen molar-refractivity contribution < 1.29 is 14.3 Å². The number of hydrogen-bond acceptors (Lipinski definition) is 4. The molecule has 2 N–H and O–H groups in total. The highest BCUT2D eigenvalue weighted by Crippen LogP contribution is 2.24. The lowest BCUT2D eigenvalue weighted by Crippen LogP contribution is -2.18. The van der Waals surface area contributed by atoms with Gasteiger partial charge in [0.05, 0.1) is 6.21 Å². The molecule has 0 saturated heterocycles. The van der Waals surface area contributed by atoms with E-state index in [2.05, 4.69) is 15.8 Å². The summed E-state index contributed by atoms with van der Waals surface area (Å²) in [5.74, 6) is -0.111. The molecule has 0 aliphatic heterocycles. The molecule has 3 aromatic carbocycles. The minimum Gasteiger partial charge on any atom is -0.488 e. The van der Waals surface area contributed by atoms with Gasteiger partial charge in [-0.3, -0.25) is 9.59 Å². The van der Waals surface area contributed by atoms with Crippen LogP contribution in [0, 0.1) is 0 Å². The molecular formula is C23H19Cl2N3O3. The maximum atomic E-state index is 12.4. The molecule has 3 rings (SSSR count). The molecule has 0 aliphatic carbocycles. The Labute approximate surface area is 189 Å². The van der Waals surface area contributed by atoms with E-state index in [1.807, 2.05) is 18.2 Å². The van der Waals surface area contributed by atoms with E-state index in [9.17, 15) is 9.59 Å². The van der Waals surface area contributed by atoms with Crippen LogP contribution in [0.15, 0.2) is 71.8 Å². The average molecular weight is 456 g/mol. The lowest BCUT2D eigenvalue weighted by atomic mass is 10.2. The molecule has 0 saturated carbocycles. The first-order valence-electron chi connectivity index (χ1n) is 9.29. The zero-order valence-electron chi connectivity index (χ0n) is 16.6. The van der Waals surface area contributed by atoms with Crippen LogP contribution in [0.2, 0.25) is 10.0 Å². The predicted molar refractivity (Wildman–Crippen MR) is 123 cm³/mol. The van der Waals surface area contributed by atoms with Crippen molar-refractivity contribution in [1.82, 2.24) is 5.43 Å². The van der Waals surface area contributed by atoms with Gasteiger partial charge < -0.3 is 10.1 Å². The maximum absolute atomic E-state index is 12.4. The molecule has 6 nitrogen and oxygen atoms in total. The van der Waals surface area contributed by atoms with Gasteiger partial charge in [-0.05, 0) is 42.5 Å². The highest BCUT2D eigenvalue weighted by Gasteiger charge is 2.08. The lowest BCUT2D eigenvalue weighted by Gasteiger charge is -2.10. The van der Waals surface area contributed by atoms with E-state index in [4.69, 9.17) is 27.9 Å². The molecule has 0 aromatic heterocycles. The number of hydrogen-bond donors (Lipinski definition) is 2. The summed E-state index contributed by atoms with van der Waals surface area (Å²) < 4.78 is 5.87. The summed E-state index contributed by atoms with van der Waals surface area (Å²) in [7, 11) is 0. The van der Waals surface area contributed by atoms with E-state index in [0.717, 1.165) is 5.56 Å². The molecule has 2 amide bonds. The number of hydrazone groups is 1. The minimum atomic E-state index is -0.427. The van der Waals surface area contributed by atoms with Crippen LogP contribution in [0.25, 0.3) is 0 Å². The Morgan fingerprint density at radius 2 is 1.84 bits per heavy atom. The number of halogens is 2. The zero-order valence-corrected chi connectivity index (χ0v) is 18.1. The number of carbonyl (C=O) groups excluding carboxylic acids is 2. The zero-order chi connectivity index (χ0) is 22.2. The van der Waals surface area contributed by atoms with Crippen LogP contribution in [0.3, 0.4) is 0 Å². The fourth-order valence-corrected chi connectivity index (χ4v) is 3.06. The van der Waals surface area contributed by atoms with Gasteiger partial charge in [0.25, 0.3) is 5.91 Å². The fourth-order valence-electron chi connectivity index (χ4n) is 2.69. The van der Waals surface area contributed by atoms with Crippen molar-refractivity contribution >= 4 is 46.9 Å². The SMILES string of the molecule is CC(=O)Nc1cccc(C(=O)N/N=C\c2cc(Cl)ccc2OCc2ccccc2Cl)c1. The summed E-state index contributed by atoms with van der Waals surface area (Å²) in [5, 5.41) is 7.75. The van der Waals surface area contributed by atoms with E-state index in [1.54, 1.807) is 48.5 Å². The van der Waals surface area contributed by atoms with Crippen molar-refractivity contribution in [3.8, 4) is 5.75 Å². The van der Waals surface area contributed by atoms with Crippen molar-refractivity contribution in [3.63, 3.8) is 0 Å². The normalized spacial score (nSPS) is 10.7. The van der Waals surface area contributed by atoms with Gasteiger partial charge in [0.1, 0.15) is 12.4 Å². The van der Waals surface area contributed by atoms with Crippen molar-refractivity contribution in [3.05, 3.63) is 93.5 Å². The summed E-state index contributed by atoms with van der Waals surface area (Å²) in [6.07, 6.45) is 1.45. The topological polar surface area (TPSA) is 79.8 Å². The van der Waals surface area contributed by atoms with Crippen LogP contribution in [0.1, 0.15) is 28.4 Å². The standard InChI is InChI=1S/C23H19Cl2N3O3/c1-15(29)27-20-7-4-6-16(12-20)23(30)28-26-13-18-11-19(24)9-10-22(18)31-14-17-5-2-3-8-21(17)25/h2-13H,14H2,1H3,(H,27,29)(H,28,30)/b26-13-. The third-order valence-electron chi connectivity index (χ3n) is 4.13. The average Bonchev–Trinajstić information content (AvgIpc) is 2.74. The molecule has 31 heavy (non-hydrogen) atoms. The van der Waals surface area contributed by atoms with Gasteiger partial charge in [-0.2, -0.15) is 5.10 Å². The summed E-state index contributed by atoms with van der Waals surface area (Å²) in [5.41, 5.74) is 4.76. The molecule has 0 spiro atoms. The van der Waals surface area contributed by atoms with E-state index in [0.29, 0.717) is 32.6 Å². The monoisotopic (exact) mass is 455 g/mol. The molecule has 3 aromatic rings. The van der Waals surface area contributed by atoms with Gasteiger partial charge in [-0.25, -0.2) is 5.43 Å². The Hall–Kier alpha value is -3.35. The smallest absolute Gasteiger partial charge is 0.271 e. The number of rotatable bonds is 7. The van der Waals surface area contributed by atoms with Crippen molar-refractivity contribution in [2.24, 2.45) is 5.10 Å². The fraction of sp³-hybridized carbons (Fsp3) is 0.0870. The number of amides is 2. The minimum absolute atomic E-state index is 0.221. The number of nitrogens with one attached hydrogen (secondary N) is 2. The molecule has 158 valence electrons. The van der Waals surface area contributed by atoms with Gasteiger partial charge in [-0.1, -0.05) is 47.5 Å². The Kier molecular flexibility index (Phi) is 7.65. The van der Waals surface area contributed by atoms with Crippen LogP contribution in [0.5, 0.6) is 5.75 Å². The third-order valence-corrected chi connectivity index (χ3v) is 4.73. The summed E-state index contributed by atoms with van der Waals surface area (Å²) in [6.45, 7) is 1.66. The van der Waals surface area contributed by atoms with Crippen LogP contribution < -0.4 is 15.5 Å². The van der Waals surface area contributed by atoms with Gasteiger partial charge in [-0.15, -0.1) is 0 Å². The molecule has 0 unspecified atom stereocenters. The van der Waals surface area contributed by atoms with Crippen molar-refractivity contribution in [1.29, 1.82) is 0 Å². The van der Waals surface area contributed by atoms with Gasteiger partial charge in [0.2, 0.25) is 5.91 Å². The van der Waals surface area contributed by atoms with Crippen LogP contribution in [-0.2, 0) is 11.4 Å². The highest BCUT2D eigenvalue weighted by atomic mass is 35.5. The van der Waals surface area contributed by atoms with Gasteiger partial charge >= 0.3 is 0 Å². The first kappa shape index (κ1) is 22.3. The van der Waals surface area contributed by atoms with E-state index >= 15 is 0 Å². The van der Waals surface area contributed by atoms with Gasteiger partial charge in [0, 0.05) is 39.3 Å². The predicted octanol–water partition coefficient (Wildman–Crippen LogP) is 5.29. The highest BCUT2D eigenvalue weighted by molar-refractivity contribution is 6.31. The van der Waals surface area contributed by atoms with Crippen LogP contribution >= 0.6 is 23.2 Å². The number of nitrogens with zero attached hydrogens (tertiary/aromatic N) is 1. The van der Waals surface area contributed by atoms with E-state index < -0.39 is 5.91 Å². The lowest BCUT2D eigenvalue weighted by molar-refractivity contribution is -0.114. The molecule has 0 fully saturated rings. The second-order valence-corrected chi connectivity index (χ2v) is 7.37. The van der Waals surface area contributed by atoms with Gasteiger partial charge in [0.15, 0.2) is 0 Å². The molecule has 0 radical (unpaired) electrons. The molecular weight excluding hydrogens is 437 g/mol. The second-order valence-electron chi connectivity index (χ2n) is 6.52. The largest absolute Gasteiger partial charge is 0.488 e. The summed E-state index contributed by atoms with van der Waals surface area (Å²) in [6, 6.07) is 19.0. The summed E-state index contributed by atoms with van der Waals surface area (Å²) >= 11 is 12.3. The van der Waals surface area contributed by atoms with Crippen molar-refractivity contribution in [2.75, 3.05) is 5.32 Å². The van der Waals surface area contributed by atoms with E-state index in [1.165, 1.54) is 13.1 Å². The molecule has 0 bridgehead atoms. The summed E-state index contributed by atoms with van der Waals surface area (Å²) in [4.78, 5) is 23.5. The molecule has 8 heteroatoms. The van der Waals surface area contributed by atoms with Crippen LogP contribution in [-0.4, -0.2) is 18.0 Å². The Morgan fingerprint density at radius 1 is 1.03 bits per heavy atom. The number of anilines is 1. The Bertz CT molecular complexity index is 1130. The number of carbonyl (C=O) groups is 2. The van der Waals surface area contributed by atoms with Crippen LogP contribution in [0.4, 0.5) is 5.69 Å². The number of benzene rings is 3. The first-order valence-corrected chi connectivity index (χ1v) is 10.0. The molecule has 0 heterocycles. The third kappa shape index (κ3) is 6.57. The second kappa shape index (κ2) is 10.6. The van der Waals surface area contributed by atoms with E-state index in [-0.39, 0.29) is 12.5 Å². The molecule has 0 atom stereocenters. The Balaban J connectivity index is 1.69. The quantitative estimate of drug-likeness (QED) is 0.374. The first-order chi connectivity index (χ1) is 14.9. The maximum Gasteiger partial charge on any atom is 0.271 e. The molecule has 0 aliphatic rings. The van der Waals surface area contributed by atoms with Crippen molar-refractivity contribution in [2.45, 2.75) is 13.5 Å².